The van der Waals surface area contributed by atoms with Gasteiger partial charge in [-0.3, -0.25) is 0 Å². The zero-order valence-electron chi connectivity index (χ0n) is 15.8. The zero-order chi connectivity index (χ0) is 19.0. The van der Waals surface area contributed by atoms with Gasteiger partial charge in [-0.1, -0.05) is 121 Å². The molecule has 0 spiro atoms. The van der Waals surface area contributed by atoms with Crippen LogP contribution in [0.5, 0.6) is 0 Å². The lowest BCUT2D eigenvalue weighted by Gasteiger charge is -2.17. The third kappa shape index (κ3) is 2.78. The Morgan fingerprint density at radius 3 is 1.11 bits per heavy atom. The molecule has 1 aliphatic rings. The van der Waals surface area contributed by atoms with Crippen LogP contribution in [0.3, 0.4) is 0 Å². The molecule has 0 aromatic heterocycles. The van der Waals surface area contributed by atoms with Crippen LogP contribution in [0.2, 0.25) is 0 Å². The largest absolute Gasteiger partial charge is 0.0986 e. The van der Waals surface area contributed by atoms with Crippen LogP contribution in [-0.4, -0.2) is 0 Å². The molecular weight excluding hydrogens is 336 g/mol. The summed E-state index contributed by atoms with van der Waals surface area (Å²) in [5, 5.41) is 0. The maximum atomic E-state index is 4.33. The third-order valence-electron chi connectivity index (χ3n) is 5.93. The van der Waals surface area contributed by atoms with E-state index in [1.54, 1.807) is 0 Å². The molecule has 0 unspecified atom stereocenters. The molecule has 0 amide bonds. The molecule has 1 aliphatic carbocycles. The van der Waals surface area contributed by atoms with E-state index in [0.717, 1.165) is 6.42 Å². The first-order chi connectivity index (χ1) is 13.8. The molecule has 0 saturated heterocycles. The van der Waals surface area contributed by atoms with Crippen molar-refractivity contribution < 1.29 is 0 Å². The van der Waals surface area contributed by atoms with Gasteiger partial charge in [0.25, 0.3) is 0 Å². The Morgan fingerprint density at radius 2 is 0.786 bits per heavy atom. The highest BCUT2D eigenvalue weighted by Gasteiger charge is 2.50. The number of rotatable bonds is 4. The summed E-state index contributed by atoms with van der Waals surface area (Å²) < 4.78 is 0. The van der Waals surface area contributed by atoms with Gasteiger partial charge in [-0.15, -0.1) is 0 Å². The van der Waals surface area contributed by atoms with Gasteiger partial charge in [-0.05, 0) is 39.8 Å². The second-order valence-electron chi connectivity index (χ2n) is 7.57. The van der Waals surface area contributed by atoms with Crippen molar-refractivity contribution in [2.45, 2.75) is 11.8 Å². The van der Waals surface area contributed by atoms with Crippen LogP contribution in [0.25, 0.3) is 22.3 Å². The van der Waals surface area contributed by atoms with E-state index < -0.39 is 0 Å². The molecule has 134 valence electrons. The van der Waals surface area contributed by atoms with E-state index in [0.29, 0.717) is 0 Å². The molecule has 0 radical (unpaired) electrons. The molecule has 0 heterocycles. The van der Waals surface area contributed by atoms with E-state index >= 15 is 0 Å². The first-order valence-electron chi connectivity index (χ1n) is 9.77. The molecule has 28 heavy (non-hydrogen) atoms. The number of allylic oxidation sites excluding steroid dienone is 1. The molecule has 5 rings (SSSR count). The average molecular weight is 358 g/mol. The molecular formula is C28H22. The van der Waals surface area contributed by atoms with Gasteiger partial charge >= 0.3 is 0 Å². The van der Waals surface area contributed by atoms with Crippen LogP contribution in [0.4, 0.5) is 0 Å². The summed E-state index contributed by atoms with van der Waals surface area (Å²) in [6.45, 7) is 4.33. The first kappa shape index (κ1) is 16.8. The van der Waals surface area contributed by atoms with Crippen LogP contribution in [0, 0.1) is 0 Å². The second-order valence-corrected chi connectivity index (χ2v) is 7.57. The van der Waals surface area contributed by atoms with Crippen LogP contribution < -0.4 is 0 Å². The Kier molecular flexibility index (Phi) is 3.98. The summed E-state index contributed by atoms with van der Waals surface area (Å²) >= 11 is 0. The summed E-state index contributed by atoms with van der Waals surface area (Å²) in [7, 11) is 0. The second kappa shape index (κ2) is 6.65. The van der Waals surface area contributed by atoms with Gasteiger partial charge in [-0.2, -0.15) is 0 Å². The maximum absolute atomic E-state index is 4.33. The van der Waals surface area contributed by atoms with E-state index in [1.807, 2.05) is 0 Å². The lowest BCUT2D eigenvalue weighted by molar-refractivity contribution is 0.881. The number of hydrogen-bond acceptors (Lipinski definition) is 0. The Hall–Kier alpha value is -3.38. The SMILES string of the molecule is C=C1CC1(c1ccc(-c2ccccc2)cc1)c1ccc(-c2ccccc2)cc1. The molecule has 4 aromatic carbocycles. The molecule has 0 heteroatoms. The fraction of sp³-hybridized carbons (Fsp3) is 0.0714. The van der Waals surface area contributed by atoms with Crippen molar-refractivity contribution in [1.29, 1.82) is 0 Å². The maximum Gasteiger partial charge on any atom is 0.0446 e. The van der Waals surface area contributed by atoms with Crippen LogP contribution in [-0.2, 0) is 5.41 Å². The summed E-state index contributed by atoms with van der Waals surface area (Å²) in [5.41, 5.74) is 8.97. The van der Waals surface area contributed by atoms with Gasteiger partial charge in [0.1, 0.15) is 0 Å². The predicted molar refractivity (Wildman–Crippen MR) is 118 cm³/mol. The third-order valence-corrected chi connectivity index (χ3v) is 5.93. The Morgan fingerprint density at radius 1 is 0.464 bits per heavy atom. The highest BCUT2D eigenvalue weighted by Crippen LogP contribution is 2.57. The van der Waals surface area contributed by atoms with Gasteiger partial charge in [0.05, 0.1) is 0 Å². The van der Waals surface area contributed by atoms with E-state index in [2.05, 4.69) is 116 Å². The standard InChI is InChI=1S/C28H22/c1-21-20-28(21,26-16-12-24(13-17-26)22-8-4-2-5-9-22)27-18-14-25(15-19-27)23-10-6-3-7-11-23/h2-19H,1,20H2. The fourth-order valence-electron chi connectivity index (χ4n) is 4.21. The molecule has 0 N–H and O–H groups in total. The Balaban J connectivity index is 1.47. The van der Waals surface area contributed by atoms with Crippen LogP contribution in [0.1, 0.15) is 17.5 Å². The van der Waals surface area contributed by atoms with Gasteiger partial charge in [0, 0.05) is 5.41 Å². The normalized spacial score (nSPS) is 14.6. The van der Waals surface area contributed by atoms with Crippen molar-refractivity contribution in [1.82, 2.24) is 0 Å². The number of benzene rings is 4. The molecule has 0 atom stereocenters. The summed E-state index contributed by atoms with van der Waals surface area (Å²) in [4.78, 5) is 0. The predicted octanol–water partition coefficient (Wildman–Crippen LogP) is 7.27. The number of hydrogen-bond donors (Lipinski definition) is 0. The molecule has 0 aliphatic heterocycles. The lowest BCUT2D eigenvalue weighted by atomic mass is 9.85. The molecule has 4 aromatic rings. The van der Waals surface area contributed by atoms with E-state index in [-0.39, 0.29) is 5.41 Å². The van der Waals surface area contributed by atoms with Gasteiger partial charge in [0.2, 0.25) is 0 Å². The topological polar surface area (TPSA) is 0 Å². The highest BCUT2D eigenvalue weighted by molar-refractivity contribution is 5.68. The van der Waals surface area contributed by atoms with Crippen molar-refractivity contribution in [3.63, 3.8) is 0 Å². The monoisotopic (exact) mass is 358 g/mol. The average Bonchev–Trinajstić information content (AvgIpc) is 3.47. The molecule has 0 nitrogen and oxygen atoms in total. The van der Waals surface area contributed by atoms with E-state index in [1.165, 1.54) is 39.0 Å². The van der Waals surface area contributed by atoms with Crippen LogP contribution >= 0.6 is 0 Å². The fourth-order valence-corrected chi connectivity index (χ4v) is 4.21. The highest BCUT2D eigenvalue weighted by atomic mass is 14.5. The van der Waals surface area contributed by atoms with Crippen molar-refractivity contribution in [2.75, 3.05) is 0 Å². The van der Waals surface area contributed by atoms with Crippen molar-refractivity contribution >= 4 is 0 Å². The minimum absolute atomic E-state index is 0.0234. The molecule has 1 fully saturated rings. The first-order valence-corrected chi connectivity index (χ1v) is 9.77. The minimum Gasteiger partial charge on any atom is -0.0986 e. The minimum atomic E-state index is -0.0234. The molecule has 1 saturated carbocycles. The zero-order valence-corrected chi connectivity index (χ0v) is 15.8. The van der Waals surface area contributed by atoms with Crippen molar-refractivity contribution in [2.24, 2.45) is 0 Å². The van der Waals surface area contributed by atoms with E-state index in [9.17, 15) is 0 Å². The summed E-state index contributed by atoms with van der Waals surface area (Å²) in [6.07, 6.45) is 1.03. The van der Waals surface area contributed by atoms with Gasteiger partial charge in [-0.25, -0.2) is 0 Å². The summed E-state index contributed by atoms with van der Waals surface area (Å²) in [6, 6.07) is 39.1. The van der Waals surface area contributed by atoms with Crippen molar-refractivity contribution in [3.05, 3.63) is 132 Å². The van der Waals surface area contributed by atoms with E-state index in [4.69, 9.17) is 0 Å². The Bertz CT molecular complexity index is 1020. The lowest BCUT2D eigenvalue weighted by Crippen LogP contribution is -2.09. The van der Waals surface area contributed by atoms with Gasteiger partial charge in [0.15, 0.2) is 0 Å². The van der Waals surface area contributed by atoms with Crippen LogP contribution in [0.15, 0.2) is 121 Å². The quantitative estimate of drug-likeness (QED) is 0.337. The Labute approximate surface area is 166 Å². The van der Waals surface area contributed by atoms with Gasteiger partial charge < -0.3 is 0 Å². The molecule has 0 bridgehead atoms. The smallest absolute Gasteiger partial charge is 0.0446 e. The summed E-state index contributed by atoms with van der Waals surface area (Å²) in [5.74, 6) is 0. The van der Waals surface area contributed by atoms with Crippen molar-refractivity contribution in [3.8, 4) is 22.3 Å².